The Bertz CT molecular complexity index is 479. The summed E-state index contributed by atoms with van der Waals surface area (Å²) in [7, 11) is 4.05. The van der Waals surface area contributed by atoms with Gasteiger partial charge in [-0.3, -0.25) is 0 Å². The summed E-state index contributed by atoms with van der Waals surface area (Å²) in [6, 6.07) is 1.75. The number of carboxylic acid groups (broad SMARTS) is 1. The van der Waals surface area contributed by atoms with E-state index in [2.05, 4.69) is 14.8 Å². The van der Waals surface area contributed by atoms with Gasteiger partial charge >= 0.3 is 5.97 Å². The number of halogens is 1. The fourth-order valence-electron chi connectivity index (χ4n) is 2.59. The largest absolute Gasteiger partial charge is 0.478 e. The van der Waals surface area contributed by atoms with Crippen molar-refractivity contribution in [3.05, 3.63) is 23.0 Å². The van der Waals surface area contributed by atoms with Crippen molar-refractivity contribution in [2.24, 2.45) is 0 Å². The highest BCUT2D eigenvalue weighted by molar-refractivity contribution is 6.29. The zero-order valence-corrected chi connectivity index (χ0v) is 11.9. The molecule has 1 aromatic heterocycles. The Kier molecular flexibility index (Phi) is 4.27. The molecule has 1 aliphatic heterocycles. The average Bonchev–Trinajstić information content (AvgIpc) is 2.76. The highest BCUT2D eigenvalue weighted by Crippen LogP contribution is 2.29. The Morgan fingerprint density at radius 1 is 1.63 bits per heavy atom. The van der Waals surface area contributed by atoms with E-state index >= 15 is 0 Å². The molecule has 1 aromatic rings. The highest BCUT2D eigenvalue weighted by atomic mass is 35.5. The molecule has 6 heteroatoms. The topological polar surface area (TPSA) is 56.7 Å². The zero-order chi connectivity index (χ0) is 14.0. The third-order valence-electron chi connectivity index (χ3n) is 3.34. The Labute approximate surface area is 117 Å². The van der Waals surface area contributed by atoms with Crippen molar-refractivity contribution in [3.63, 3.8) is 0 Å². The molecule has 1 saturated heterocycles. The van der Waals surface area contributed by atoms with Crippen molar-refractivity contribution < 1.29 is 9.90 Å². The van der Waals surface area contributed by atoms with Crippen LogP contribution in [0.4, 0.5) is 5.69 Å². The van der Waals surface area contributed by atoms with Gasteiger partial charge in [-0.15, -0.1) is 0 Å². The number of likely N-dealkylation sites (N-methyl/N-ethyl adjacent to an activating group) is 1. The average molecular weight is 284 g/mol. The van der Waals surface area contributed by atoms with Crippen molar-refractivity contribution in [3.8, 4) is 0 Å². The van der Waals surface area contributed by atoms with E-state index in [1.54, 1.807) is 6.20 Å². The summed E-state index contributed by atoms with van der Waals surface area (Å²) in [5.41, 5.74) is 0.895. The smallest absolute Gasteiger partial charge is 0.337 e. The van der Waals surface area contributed by atoms with Crippen LogP contribution in [-0.4, -0.2) is 54.2 Å². The van der Waals surface area contributed by atoms with Crippen LogP contribution in [0.1, 0.15) is 23.2 Å². The molecular weight excluding hydrogens is 266 g/mol. The quantitative estimate of drug-likeness (QED) is 0.856. The number of aromatic carboxylic acids is 1. The molecule has 104 valence electrons. The monoisotopic (exact) mass is 283 g/mol. The maximum absolute atomic E-state index is 11.3. The molecule has 1 fully saturated rings. The van der Waals surface area contributed by atoms with E-state index in [9.17, 15) is 9.90 Å². The summed E-state index contributed by atoms with van der Waals surface area (Å²) in [6.45, 7) is 1.77. The summed E-state index contributed by atoms with van der Waals surface area (Å²) < 4.78 is 0. The lowest BCUT2D eigenvalue weighted by Crippen LogP contribution is -2.38. The first-order valence-electron chi connectivity index (χ1n) is 6.29. The van der Waals surface area contributed by atoms with E-state index in [4.69, 9.17) is 11.6 Å². The molecule has 0 aromatic carbocycles. The third-order valence-corrected chi connectivity index (χ3v) is 3.55. The number of anilines is 1. The molecule has 1 N–H and O–H groups in total. The van der Waals surface area contributed by atoms with Crippen LogP contribution in [-0.2, 0) is 0 Å². The number of carboxylic acids is 1. The van der Waals surface area contributed by atoms with Crippen molar-refractivity contribution >= 4 is 23.3 Å². The van der Waals surface area contributed by atoms with Gasteiger partial charge in [0.05, 0.1) is 17.4 Å². The van der Waals surface area contributed by atoms with Crippen LogP contribution in [0.2, 0.25) is 5.15 Å². The lowest BCUT2D eigenvalue weighted by Gasteiger charge is -2.29. The second-order valence-electron chi connectivity index (χ2n) is 5.08. The van der Waals surface area contributed by atoms with Crippen LogP contribution in [0.15, 0.2) is 12.3 Å². The van der Waals surface area contributed by atoms with Crippen LogP contribution in [0.3, 0.4) is 0 Å². The van der Waals surface area contributed by atoms with Crippen LogP contribution in [0.5, 0.6) is 0 Å². The van der Waals surface area contributed by atoms with Crippen LogP contribution in [0, 0.1) is 0 Å². The number of rotatable bonds is 4. The van der Waals surface area contributed by atoms with Gasteiger partial charge in [0, 0.05) is 19.1 Å². The third kappa shape index (κ3) is 3.16. The summed E-state index contributed by atoms with van der Waals surface area (Å²) in [5.74, 6) is -0.963. The SMILES string of the molecule is CN(C)CC1CCCN1c1cnc(Cl)cc1C(=O)O. The Balaban J connectivity index is 2.32. The molecule has 19 heavy (non-hydrogen) atoms. The van der Waals surface area contributed by atoms with E-state index in [0.717, 1.165) is 25.9 Å². The standard InChI is InChI=1S/C13H18ClN3O2/c1-16(2)8-9-4-3-5-17(9)11-7-15-12(14)6-10(11)13(18)19/h6-7,9H,3-5,8H2,1-2H3,(H,18,19). The van der Waals surface area contributed by atoms with Crippen LogP contribution in [0.25, 0.3) is 0 Å². The fourth-order valence-corrected chi connectivity index (χ4v) is 2.74. The minimum absolute atomic E-state index is 0.213. The zero-order valence-electron chi connectivity index (χ0n) is 11.1. The van der Waals surface area contributed by atoms with Gasteiger partial charge in [-0.05, 0) is 33.0 Å². The molecule has 2 heterocycles. The molecule has 1 unspecified atom stereocenters. The Morgan fingerprint density at radius 2 is 2.37 bits per heavy atom. The first kappa shape index (κ1) is 14.1. The molecule has 0 aliphatic carbocycles. The van der Waals surface area contributed by atoms with E-state index in [0.29, 0.717) is 11.7 Å². The van der Waals surface area contributed by atoms with E-state index < -0.39 is 5.97 Å². The van der Waals surface area contributed by atoms with Crippen molar-refractivity contribution in [1.82, 2.24) is 9.88 Å². The molecule has 1 atom stereocenters. The van der Waals surface area contributed by atoms with Crippen LogP contribution < -0.4 is 4.90 Å². The number of nitrogens with zero attached hydrogens (tertiary/aromatic N) is 3. The van der Waals surface area contributed by atoms with Gasteiger partial charge in [0.15, 0.2) is 0 Å². The molecule has 2 rings (SSSR count). The van der Waals surface area contributed by atoms with Gasteiger partial charge in [-0.1, -0.05) is 11.6 Å². The summed E-state index contributed by atoms with van der Waals surface area (Å²) in [6.07, 6.45) is 3.71. The van der Waals surface area contributed by atoms with Gasteiger partial charge in [-0.2, -0.15) is 0 Å². The molecule has 0 amide bonds. The number of hydrogen-bond donors (Lipinski definition) is 1. The normalized spacial score (nSPS) is 19.2. The number of carbonyl (C=O) groups is 1. The first-order chi connectivity index (χ1) is 8.99. The Hall–Kier alpha value is -1.33. The summed E-state index contributed by atoms with van der Waals surface area (Å²) in [5, 5.41) is 9.51. The minimum atomic E-state index is -0.963. The molecule has 0 radical (unpaired) electrons. The van der Waals surface area contributed by atoms with E-state index in [1.807, 2.05) is 14.1 Å². The van der Waals surface area contributed by atoms with E-state index in [-0.39, 0.29) is 10.7 Å². The molecule has 0 saturated carbocycles. The predicted octanol–water partition coefficient (Wildman–Crippen LogP) is 1.96. The lowest BCUT2D eigenvalue weighted by atomic mass is 10.1. The first-order valence-corrected chi connectivity index (χ1v) is 6.67. The molecule has 5 nitrogen and oxygen atoms in total. The maximum Gasteiger partial charge on any atom is 0.337 e. The number of pyridine rings is 1. The Morgan fingerprint density at radius 3 is 3.00 bits per heavy atom. The van der Waals surface area contributed by atoms with Gasteiger partial charge in [0.2, 0.25) is 0 Å². The number of aromatic nitrogens is 1. The molecule has 1 aliphatic rings. The second-order valence-corrected chi connectivity index (χ2v) is 5.47. The van der Waals surface area contributed by atoms with Gasteiger partial charge in [0.25, 0.3) is 0 Å². The van der Waals surface area contributed by atoms with Crippen molar-refractivity contribution in [2.45, 2.75) is 18.9 Å². The molecule has 0 spiro atoms. The lowest BCUT2D eigenvalue weighted by molar-refractivity contribution is 0.0697. The van der Waals surface area contributed by atoms with Gasteiger partial charge < -0.3 is 14.9 Å². The number of hydrogen-bond acceptors (Lipinski definition) is 4. The van der Waals surface area contributed by atoms with Gasteiger partial charge in [-0.25, -0.2) is 9.78 Å². The predicted molar refractivity (Wildman–Crippen MR) is 75.1 cm³/mol. The minimum Gasteiger partial charge on any atom is -0.478 e. The van der Waals surface area contributed by atoms with Crippen molar-refractivity contribution in [2.75, 3.05) is 32.1 Å². The molecule has 0 bridgehead atoms. The summed E-state index contributed by atoms with van der Waals surface area (Å²) >= 11 is 5.79. The van der Waals surface area contributed by atoms with Gasteiger partial charge in [0.1, 0.15) is 5.15 Å². The maximum atomic E-state index is 11.3. The fraction of sp³-hybridized carbons (Fsp3) is 0.538. The van der Waals surface area contributed by atoms with E-state index in [1.165, 1.54) is 6.07 Å². The summed E-state index contributed by atoms with van der Waals surface area (Å²) in [4.78, 5) is 19.6. The second kappa shape index (κ2) is 5.75. The molecular formula is C13H18ClN3O2. The highest BCUT2D eigenvalue weighted by Gasteiger charge is 2.28. The van der Waals surface area contributed by atoms with Crippen LogP contribution >= 0.6 is 11.6 Å². The van der Waals surface area contributed by atoms with Crippen molar-refractivity contribution in [1.29, 1.82) is 0 Å².